The van der Waals surface area contributed by atoms with Crippen molar-refractivity contribution < 1.29 is 14.3 Å². The van der Waals surface area contributed by atoms with Gasteiger partial charge in [0.25, 0.3) is 5.91 Å². The molecule has 28 heavy (non-hydrogen) atoms. The van der Waals surface area contributed by atoms with Crippen molar-refractivity contribution in [3.63, 3.8) is 0 Å². The summed E-state index contributed by atoms with van der Waals surface area (Å²) in [6, 6.07) is 18.3. The maximum atomic E-state index is 12.9. The van der Waals surface area contributed by atoms with Crippen molar-refractivity contribution in [2.24, 2.45) is 0 Å². The molecule has 0 saturated carbocycles. The number of carbonyl (C=O) groups is 2. The predicted octanol–water partition coefficient (Wildman–Crippen LogP) is 3.59. The van der Waals surface area contributed by atoms with E-state index in [0.29, 0.717) is 23.5 Å². The summed E-state index contributed by atoms with van der Waals surface area (Å²) in [6.07, 6.45) is 3.84. The van der Waals surface area contributed by atoms with E-state index >= 15 is 0 Å². The number of likely N-dealkylation sites (N-methyl/N-ethyl adjacent to an activating group) is 1. The maximum absolute atomic E-state index is 12.9. The molecule has 0 radical (unpaired) electrons. The minimum absolute atomic E-state index is 0.0275. The van der Waals surface area contributed by atoms with Gasteiger partial charge in [0.2, 0.25) is 5.91 Å². The Morgan fingerprint density at radius 2 is 1.79 bits per heavy atom. The van der Waals surface area contributed by atoms with Crippen molar-refractivity contribution in [1.82, 2.24) is 9.47 Å². The molecule has 0 aliphatic heterocycles. The third-order valence-electron chi connectivity index (χ3n) is 4.35. The number of anilines is 1. The monoisotopic (exact) mass is 377 g/mol. The number of carbonyl (C=O) groups excluding carboxylic acids is 2. The molecule has 6 heteroatoms. The summed E-state index contributed by atoms with van der Waals surface area (Å²) in [7, 11) is 1.57. The third kappa shape index (κ3) is 4.59. The number of amides is 2. The van der Waals surface area contributed by atoms with Gasteiger partial charge in [0, 0.05) is 41.9 Å². The van der Waals surface area contributed by atoms with Crippen LogP contribution in [0.15, 0.2) is 73.1 Å². The van der Waals surface area contributed by atoms with Crippen LogP contribution in [-0.4, -0.2) is 41.5 Å². The number of benzene rings is 2. The van der Waals surface area contributed by atoms with Gasteiger partial charge >= 0.3 is 0 Å². The second kappa shape index (κ2) is 8.90. The van der Waals surface area contributed by atoms with E-state index in [4.69, 9.17) is 4.74 Å². The predicted molar refractivity (Wildman–Crippen MR) is 109 cm³/mol. The lowest BCUT2D eigenvalue weighted by Gasteiger charge is -2.21. The summed E-state index contributed by atoms with van der Waals surface area (Å²) in [5.41, 5.74) is 2.07. The van der Waals surface area contributed by atoms with Gasteiger partial charge in [0.1, 0.15) is 12.3 Å². The highest BCUT2D eigenvalue weighted by molar-refractivity contribution is 5.99. The zero-order chi connectivity index (χ0) is 19.9. The number of rotatable bonds is 7. The van der Waals surface area contributed by atoms with Gasteiger partial charge in [-0.2, -0.15) is 0 Å². The van der Waals surface area contributed by atoms with Crippen LogP contribution < -0.4 is 10.1 Å². The maximum Gasteiger partial charge on any atom is 0.254 e. The molecule has 0 aliphatic carbocycles. The first-order chi connectivity index (χ1) is 13.6. The van der Waals surface area contributed by atoms with Crippen LogP contribution in [0.25, 0.3) is 5.69 Å². The molecule has 0 atom stereocenters. The minimum Gasteiger partial charge on any atom is -0.497 e. The summed E-state index contributed by atoms with van der Waals surface area (Å²) >= 11 is 0. The summed E-state index contributed by atoms with van der Waals surface area (Å²) in [5, 5.41) is 2.80. The molecule has 6 nitrogen and oxygen atoms in total. The molecule has 0 bridgehead atoms. The van der Waals surface area contributed by atoms with Crippen LogP contribution in [0.3, 0.4) is 0 Å². The smallest absolute Gasteiger partial charge is 0.254 e. The van der Waals surface area contributed by atoms with Crippen molar-refractivity contribution in [1.29, 1.82) is 0 Å². The molecule has 2 amide bonds. The van der Waals surface area contributed by atoms with E-state index < -0.39 is 0 Å². The van der Waals surface area contributed by atoms with Crippen LogP contribution in [0.4, 0.5) is 5.69 Å². The molecule has 3 rings (SSSR count). The summed E-state index contributed by atoms with van der Waals surface area (Å²) in [6.45, 7) is 2.25. The van der Waals surface area contributed by atoms with Crippen LogP contribution in [0.1, 0.15) is 17.3 Å². The molecular weight excluding hydrogens is 354 g/mol. The summed E-state index contributed by atoms with van der Waals surface area (Å²) in [5.74, 6) is 0.213. The van der Waals surface area contributed by atoms with E-state index in [0.717, 1.165) is 5.69 Å². The van der Waals surface area contributed by atoms with Crippen molar-refractivity contribution in [3.05, 3.63) is 78.6 Å². The van der Waals surface area contributed by atoms with E-state index in [1.165, 1.54) is 4.90 Å². The summed E-state index contributed by atoms with van der Waals surface area (Å²) < 4.78 is 7.09. The van der Waals surface area contributed by atoms with Gasteiger partial charge in [-0.3, -0.25) is 9.59 Å². The lowest BCUT2D eigenvalue weighted by molar-refractivity contribution is -0.116. The number of ether oxygens (including phenoxy) is 1. The van der Waals surface area contributed by atoms with E-state index in [-0.39, 0.29) is 18.4 Å². The van der Waals surface area contributed by atoms with Gasteiger partial charge in [0.05, 0.1) is 7.11 Å². The number of hydrogen-bond donors (Lipinski definition) is 1. The van der Waals surface area contributed by atoms with E-state index in [1.807, 2.05) is 54.2 Å². The molecule has 0 aliphatic rings. The molecular formula is C22H23N3O3. The molecule has 1 aromatic heterocycles. The molecule has 0 unspecified atom stereocenters. The second-order valence-electron chi connectivity index (χ2n) is 6.24. The van der Waals surface area contributed by atoms with Crippen LogP contribution in [0.5, 0.6) is 5.75 Å². The molecule has 0 spiro atoms. The molecule has 1 N–H and O–H groups in total. The van der Waals surface area contributed by atoms with Crippen LogP contribution in [0, 0.1) is 0 Å². The highest BCUT2D eigenvalue weighted by atomic mass is 16.5. The molecule has 1 heterocycles. The Labute approximate surface area is 164 Å². The van der Waals surface area contributed by atoms with E-state index in [1.54, 1.807) is 37.4 Å². The van der Waals surface area contributed by atoms with Crippen LogP contribution in [-0.2, 0) is 4.79 Å². The molecule has 144 valence electrons. The lowest BCUT2D eigenvalue weighted by Crippen LogP contribution is -2.37. The fraction of sp³-hybridized carbons (Fsp3) is 0.182. The average Bonchev–Trinajstić information content (AvgIpc) is 3.26. The fourth-order valence-corrected chi connectivity index (χ4v) is 2.89. The number of methoxy groups -OCH3 is 1. The topological polar surface area (TPSA) is 63.6 Å². The minimum atomic E-state index is -0.259. The Balaban J connectivity index is 1.69. The number of hydrogen-bond acceptors (Lipinski definition) is 3. The number of nitrogens with zero attached hydrogens (tertiary/aromatic N) is 2. The van der Waals surface area contributed by atoms with E-state index in [9.17, 15) is 9.59 Å². The van der Waals surface area contributed by atoms with Crippen LogP contribution >= 0.6 is 0 Å². The quantitative estimate of drug-likeness (QED) is 0.684. The van der Waals surface area contributed by atoms with Crippen molar-refractivity contribution >= 4 is 17.5 Å². The Hall–Kier alpha value is -3.54. The molecule has 3 aromatic rings. The Bertz CT molecular complexity index is 951. The van der Waals surface area contributed by atoms with Crippen molar-refractivity contribution in [2.45, 2.75) is 6.92 Å². The average molecular weight is 377 g/mol. The van der Waals surface area contributed by atoms with Crippen molar-refractivity contribution in [3.8, 4) is 11.4 Å². The number of nitrogens with one attached hydrogen (secondary N) is 1. The standard InChI is InChI=1S/C22H23N3O3/c1-3-24(16-21(26)23-18-9-7-11-20(15-18)28-2)22(27)17-8-6-10-19(14-17)25-12-4-5-13-25/h4-15H,3,16H2,1-2H3,(H,23,26). The Kier molecular flexibility index (Phi) is 6.11. The molecule has 0 fully saturated rings. The fourth-order valence-electron chi connectivity index (χ4n) is 2.89. The zero-order valence-electron chi connectivity index (χ0n) is 16.0. The summed E-state index contributed by atoms with van der Waals surface area (Å²) in [4.78, 5) is 26.8. The largest absolute Gasteiger partial charge is 0.497 e. The van der Waals surface area contributed by atoms with E-state index in [2.05, 4.69) is 5.32 Å². The molecule has 0 saturated heterocycles. The van der Waals surface area contributed by atoms with Gasteiger partial charge in [-0.15, -0.1) is 0 Å². The van der Waals surface area contributed by atoms with Gasteiger partial charge in [-0.05, 0) is 49.4 Å². The first-order valence-electron chi connectivity index (χ1n) is 9.07. The molecule has 2 aromatic carbocycles. The van der Waals surface area contributed by atoms with Gasteiger partial charge in [0.15, 0.2) is 0 Å². The van der Waals surface area contributed by atoms with Crippen LogP contribution in [0.2, 0.25) is 0 Å². The second-order valence-corrected chi connectivity index (χ2v) is 6.24. The Morgan fingerprint density at radius 3 is 2.50 bits per heavy atom. The highest BCUT2D eigenvalue weighted by Crippen LogP contribution is 2.17. The normalized spacial score (nSPS) is 10.4. The highest BCUT2D eigenvalue weighted by Gasteiger charge is 2.18. The lowest BCUT2D eigenvalue weighted by atomic mass is 10.1. The SMILES string of the molecule is CCN(CC(=O)Nc1cccc(OC)c1)C(=O)c1cccc(-n2cccc2)c1. The van der Waals surface area contributed by atoms with Crippen molar-refractivity contribution in [2.75, 3.05) is 25.5 Å². The third-order valence-corrected chi connectivity index (χ3v) is 4.35. The van der Waals surface area contributed by atoms with Gasteiger partial charge in [-0.25, -0.2) is 0 Å². The zero-order valence-corrected chi connectivity index (χ0v) is 16.0. The van der Waals surface area contributed by atoms with Gasteiger partial charge in [-0.1, -0.05) is 12.1 Å². The first-order valence-corrected chi connectivity index (χ1v) is 9.07. The first kappa shape index (κ1) is 19.2. The van der Waals surface area contributed by atoms with Gasteiger partial charge < -0.3 is 19.5 Å². The number of aromatic nitrogens is 1. The Morgan fingerprint density at radius 1 is 1.04 bits per heavy atom.